The number of carboxylic acids is 1. The number of carbonyl (C=O) groups excluding carboxylic acids is 1. The van der Waals surface area contributed by atoms with Gasteiger partial charge in [0.15, 0.2) is 0 Å². The number of amides is 1. The molecule has 0 fully saturated rings. The zero-order chi connectivity index (χ0) is 23.5. The molecule has 0 radical (unpaired) electrons. The van der Waals surface area contributed by atoms with Crippen LogP contribution >= 0.6 is 0 Å². The lowest BCUT2D eigenvalue weighted by Crippen LogP contribution is -2.43. The van der Waals surface area contributed by atoms with E-state index in [2.05, 4.69) is 0 Å². The average molecular weight is 451 g/mol. The van der Waals surface area contributed by atoms with E-state index in [1.165, 1.54) is 12.1 Å². The van der Waals surface area contributed by atoms with Crippen molar-refractivity contribution in [2.75, 3.05) is 6.54 Å². The first-order valence-corrected chi connectivity index (χ1v) is 11.8. The summed E-state index contributed by atoms with van der Waals surface area (Å²) in [5.74, 6) is -1.09. The molecule has 1 N–H and O–H groups in total. The number of hydrogen-bond donors (Lipinski definition) is 1. The first-order valence-electron chi connectivity index (χ1n) is 11.8. The van der Waals surface area contributed by atoms with Crippen molar-refractivity contribution >= 4 is 22.8 Å². The number of carboxylic acid groups (broad SMARTS) is 1. The van der Waals surface area contributed by atoms with Gasteiger partial charge in [-0.15, -0.1) is 0 Å². The predicted octanol–water partition coefficient (Wildman–Crippen LogP) is 5.15. The lowest BCUT2D eigenvalue weighted by molar-refractivity contribution is -0.141. The lowest BCUT2D eigenvalue weighted by Gasteiger charge is -2.34. The quantitative estimate of drug-likeness (QED) is 0.516. The Morgan fingerprint density at radius 3 is 2.61 bits per heavy atom. The fraction of sp³-hybridized carbons (Fsp3) is 0.407. The van der Waals surface area contributed by atoms with Gasteiger partial charge < -0.3 is 14.6 Å². The molecule has 4 rings (SSSR count). The molecule has 1 heterocycles. The van der Waals surface area contributed by atoms with E-state index in [1.807, 2.05) is 53.6 Å². The second kappa shape index (κ2) is 9.77. The minimum Gasteiger partial charge on any atom is -0.480 e. The van der Waals surface area contributed by atoms with Crippen molar-refractivity contribution in [3.8, 4) is 0 Å². The van der Waals surface area contributed by atoms with Crippen molar-refractivity contribution in [2.45, 2.75) is 64.5 Å². The van der Waals surface area contributed by atoms with Gasteiger partial charge in [-0.25, -0.2) is 9.18 Å². The smallest absolute Gasteiger partial charge is 0.326 e. The SMILES string of the molecule is CCC(C(=O)O)n1c2c(c3cc(F)ccc31)CC(N(CC)C(=O)CCc1ccccc1)CC2. The molecule has 2 atom stereocenters. The molecule has 0 saturated heterocycles. The van der Waals surface area contributed by atoms with Crippen LogP contribution in [0.5, 0.6) is 0 Å². The number of likely N-dealkylation sites (N-methyl/N-ethyl adjacent to an activating group) is 1. The van der Waals surface area contributed by atoms with E-state index in [0.717, 1.165) is 34.1 Å². The predicted molar refractivity (Wildman–Crippen MR) is 127 cm³/mol. The summed E-state index contributed by atoms with van der Waals surface area (Å²) in [7, 11) is 0. The Kier molecular flexibility index (Phi) is 6.82. The van der Waals surface area contributed by atoms with Gasteiger partial charge in [0.25, 0.3) is 0 Å². The third-order valence-electron chi connectivity index (χ3n) is 6.89. The van der Waals surface area contributed by atoms with E-state index in [1.54, 1.807) is 6.07 Å². The molecule has 174 valence electrons. The number of aromatic nitrogens is 1. The average Bonchev–Trinajstić information content (AvgIpc) is 3.12. The van der Waals surface area contributed by atoms with Crippen LogP contribution in [-0.4, -0.2) is 39.0 Å². The number of nitrogens with zero attached hydrogens (tertiary/aromatic N) is 2. The monoisotopic (exact) mass is 450 g/mol. The van der Waals surface area contributed by atoms with Crippen molar-refractivity contribution < 1.29 is 19.1 Å². The number of aryl methyl sites for hydroxylation is 1. The maximum atomic E-state index is 14.2. The molecule has 1 aliphatic rings. The van der Waals surface area contributed by atoms with Gasteiger partial charge in [0, 0.05) is 35.6 Å². The molecule has 1 aromatic heterocycles. The summed E-state index contributed by atoms with van der Waals surface area (Å²) in [6.07, 6.45) is 3.66. The molecule has 1 aliphatic carbocycles. The number of hydrogen-bond acceptors (Lipinski definition) is 2. The molecule has 0 saturated carbocycles. The van der Waals surface area contributed by atoms with Gasteiger partial charge in [-0.1, -0.05) is 37.3 Å². The van der Waals surface area contributed by atoms with E-state index in [9.17, 15) is 19.1 Å². The van der Waals surface area contributed by atoms with Gasteiger partial charge in [0.2, 0.25) is 5.91 Å². The normalized spacial score (nSPS) is 16.4. The fourth-order valence-electron chi connectivity index (χ4n) is 5.31. The van der Waals surface area contributed by atoms with Gasteiger partial charge in [0.1, 0.15) is 11.9 Å². The number of halogens is 1. The number of aliphatic carboxylic acids is 1. The van der Waals surface area contributed by atoms with Crippen LogP contribution < -0.4 is 0 Å². The summed E-state index contributed by atoms with van der Waals surface area (Å²) < 4.78 is 16.1. The molecular formula is C27H31FN2O3. The standard InChI is InChI=1S/C27H31FN2O3/c1-3-23(27(32)33)30-24-13-11-19(28)16-21(24)22-17-20(12-14-25(22)30)29(4-2)26(31)15-10-18-8-6-5-7-9-18/h5-9,11,13,16,20,23H,3-4,10,12,14-15,17H2,1-2H3,(H,32,33). The second-order valence-corrected chi connectivity index (χ2v) is 8.78. The van der Waals surface area contributed by atoms with Crippen molar-refractivity contribution in [1.82, 2.24) is 9.47 Å². The van der Waals surface area contributed by atoms with Crippen LogP contribution in [0.25, 0.3) is 10.9 Å². The Morgan fingerprint density at radius 1 is 1.18 bits per heavy atom. The van der Waals surface area contributed by atoms with Gasteiger partial charge in [0.05, 0.1) is 0 Å². The lowest BCUT2D eigenvalue weighted by atomic mass is 9.89. The number of rotatable bonds is 8. The van der Waals surface area contributed by atoms with E-state index in [-0.39, 0.29) is 17.8 Å². The maximum absolute atomic E-state index is 14.2. The van der Waals surface area contributed by atoms with Gasteiger partial charge >= 0.3 is 5.97 Å². The molecule has 0 spiro atoms. The summed E-state index contributed by atoms with van der Waals surface area (Å²) in [5.41, 5.74) is 3.85. The topological polar surface area (TPSA) is 62.5 Å². The number of carbonyl (C=O) groups is 2. The molecule has 2 aromatic carbocycles. The maximum Gasteiger partial charge on any atom is 0.326 e. The summed E-state index contributed by atoms with van der Waals surface area (Å²) in [6, 6.07) is 13.9. The third kappa shape index (κ3) is 4.52. The molecule has 5 nitrogen and oxygen atoms in total. The van der Waals surface area contributed by atoms with Crippen LogP contribution in [-0.2, 0) is 28.9 Å². The van der Waals surface area contributed by atoms with Crippen LogP contribution in [0, 0.1) is 5.82 Å². The van der Waals surface area contributed by atoms with Crippen LogP contribution in [0.15, 0.2) is 48.5 Å². The molecule has 0 aliphatic heterocycles. The molecule has 6 heteroatoms. The molecule has 0 bridgehead atoms. The van der Waals surface area contributed by atoms with Crippen molar-refractivity contribution in [3.05, 3.63) is 71.2 Å². The summed E-state index contributed by atoms with van der Waals surface area (Å²) >= 11 is 0. The Hall–Kier alpha value is -3.15. The highest BCUT2D eigenvalue weighted by molar-refractivity contribution is 5.88. The van der Waals surface area contributed by atoms with E-state index in [0.29, 0.717) is 38.6 Å². The highest BCUT2D eigenvalue weighted by Gasteiger charge is 2.33. The zero-order valence-electron chi connectivity index (χ0n) is 19.3. The Bertz CT molecular complexity index is 1160. The van der Waals surface area contributed by atoms with Gasteiger partial charge in [-0.05, 0) is 68.4 Å². The fourth-order valence-corrected chi connectivity index (χ4v) is 5.31. The number of benzene rings is 2. The Balaban J connectivity index is 1.63. The van der Waals surface area contributed by atoms with E-state index in [4.69, 9.17) is 0 Å². The summed E-state index contributed by atoms with van der Waals surface area (Å²) in [6.45, 7) is 4.47. The van der Waals surface area contributed by atoms with Gasteiger partial charge in [-0.2, -0.15) is 0 Å². The van der Waals surface area contributed by atoms with E-state index < -0.39 is 12.0 Å². The first kappa shape index (κ1) is 23.0. The van der Waals surface area contributed by atoms with Crippen molar-refractivity contribution in [2.24, 2.45) is 0 Å². The molecule has 3 aromatic rings. The Morgan fingerprint density at radius 2 is 1.94 bits per heavy atom. The number of fused-ring (bicyclic) bond motifs is 3. The second-order valence-electron chi connectivity index (χ2n) is 8.78. The molecular weight excluding hydrogens is 419 g/mol. The van der Waals surface area contributed by atoms with Crippen molar-refractivity contribution in [3.63, 3.8) is 0 Å². The highest BCUT2D eigenvalue weighted by atomic mass is 19.1. The third-order valence-corrected chi connectivity index (χ3v) is 6.89. The minimum atomic E-state index is -0.880. The van der Waals surface area contributed by atoms with E-state index >= 15 is 0 Å². The molecule has 2 unspecified atom stereocenters. The van der Waals surface area contributed by atoms with Gasteiger partial charge in [-0.3, -0.25) is 4.79 Å². The van der Waals surface area contributed by atoms with Crippen LogP contribution in [0.2, 0.25) is 0 Å². The van der Waals surface area contributed by atoms with Crippen molar-refractivity contribution in [1.29, 1.82) is 0 Å². The molecule has 33 heavy (non-hydrogen) atoms. The first-order chi connectivity index (χ1) is 15.9. The minimum absolute atomic E-state index is 0.0259. The summed E-state index contributed by atoms with van der Waals surface area (Å²) in [5, 5.41) is 10.6. The summed E-state index contributed by atoms with van der Waals surface area (Å²) in [4.78, 5) is 27.0. The van der Waals surface area contributed by atoms with Crippen LogP contribution in [0.4, 0.5) is 4.39 Å². The Labute approximate surface area is 193 Å². The van der Waals surface area contributed by atoms with Crippen LogP contribution in [0.1, 0.15) is 56.0 Å². The zero-order valence-corrected chi connectivity index (χ0v) is 19.3. The largest absolute Gasteiger partial charge is 0.480 e. The van der Waals surface area contributed by atoms with Crippen LogP contribution in [0.3, 0.4) is 0 Å². The highest BCUT2D eigenvalue weighted by Crippen LogP contribution is 2.37. The molecule has 1 amide bonds.